The van der Waals surface area contributed by atoms with Crippen LogP contribution >= 0.6 is 22.6 Å². The molecule has 7 heteroatoms. The zero-order valence-corrected chi connectivity index (χ0v) is 10.6. The van der Waals surface area contributed by atoms with Crippen LogP contribution in [-0.4, -0.2) is 0 Å². The fourth-order valence-corrected chi connectivity index (χ4v) is 2.79. The van der Waals surface area contributed by atoms with Crippen molar-refractivity contribution in [2.45, 2.75) is 3.55 Å². The monoisotopic (exact) mass is 332 g/mol. The predicted octanol–water partition coefficient (Wildman–Crippen LogP) is -0.125. The Labute approximate surface area is 106 Å². The van der Waals surface area contributed by atoms with Crippen molar-refractivity contribution in [3.8, 4) is 0 Å². The molecule has 0 saturated carbocycles. The average Bonchev–Trinajstić information content (AvgIpc) is 2.42. The first kappa shape index (κ1) is 11.1. The standard InChI is InChI=1S/C9H13IN6/c10-9(16)1-2(11)3-4(9)6(13)8(15)7(14)5(3)12/h1H,11-16H2. The molecule has 0 saturated heterocycles. The summed E-state index contributed by atoms with van der Waals surface area (Å²) in [5, 5.41) is 0. The molecule has 16 heavy (non-hydrogen) atoms. The van der Waals surface area contributed by atoms with Crippen LogP contribution in [0, 0.1) is 0 Å². The van der Waals surface area contributed by atoms with Gasteiger partial charge in [-0.1, -0.05) is 22.6 Å². The van der Waals surface area contributed by atoms with Gasteiger partial charge in [0, 0.05) is 16.8 Å². The van der Waals surface area contributed by atoms with Gasteiger partial charge in [-0.05, 0) is 6.08 Å². The average molecular weight is 332 g/mol. The summed E-state index contributed by atoms with van der Waals surface area (Å²) >= 11 is 2.03. The first-order valence-corrected chi connectivity index (χ1v) is 5.58. The SMILES string of the molecule is NC1=CC(N)(I)c2c(N)c(N)c(N)c(N)c21. The van der Waals surface area contributed by atoms with Crippen LogP contribution < -0.4 is 34.4 Å². The van der Waals surface area contributed by atoms with E-state index in [1.54, 1.807) is 6.08 Å². The summed E-state index contributed by atoms with van der Waals surface area (Å²) in [5.74, 6) is 0. The van der Waals surface area contributed by atoms with Crippen molar-refractivity contribution in [2.24, 2.45) is 11.5 Å². The van der Waals surface area contributed by atoms with Crippen molar-refractivity contribution in [2.75, 3.05) is 22.9 Å². The summed E-state index contributed by atoms with van der Waals surface area (Å²) in [6.45, 7) is 0. The molecule has 12 N–H and O–H groups in total. The van der Waals surface area contributed by atoms with Crippen molar-refractivity contribution in [3.05, 3.63) is 17.2 Å². The van der Waals surface area contributed by atoms with E-state index in [0.717, 1.165) is 0 Å². The number of nitrogen functional groups attached to an aromatic ring is 4. The molecule has 0 heterocycles. The fourth-order valence-electron chi connectivity index (χ4n) is 1.90. The molecule has 1 aliphatic rings. The van der Waals surface area contributed by atoms with Crippen LogP contribution in [0.25, 0.3) is 5.70 Å². The molecule has 2 rings (SSSR count). The molecular weight excluding hydrogens is 319 g/mol. The largest absolute Gasteiger partial charge is 0.398 e. The van der Waals surface area contributed by atoms with Crippen LogP contribution in [0.1, 0.15) is 11.1 Å². The molecule has 1 unspecified atom stereocenters. The maximum atomic E-state index is 6.07. The van der Waals surface area contributed by atoms with Gasteiger partial charge >= 0.3 is 0 Å². The maximum Gasteiger partial charge on any atom is 0.117 e. The highest BCUT2D eigenvalue weighted by Gasteiger charge is 2.36. The second-order valence-electron chi connectivity index (χ2n) is 3.77. The van der Waals surface area contributed by atoms with E-state index in [9.17, 15) is 0 Å². The molecule has 1 aliphatic carbocycles. The number of alkyl halides is 1. The Balaban J connectivity index is 2.92. The number of nitrogens with two attached hydrogens (primary N) is 6. The summed E-state index contributed by atoms with van der Waals surface area (Å²) in [4.78, 5) is 0. The number of hydrogen-bond donors (Lipinski definition) is 6. The summed E-state index contributed by atoms with van der Waals surface area (Å²) in [5.41, 5.74) is 38.1. The lowest BCUT2D eigenvalue weighted by Gasteiger charge is -2.21. The van der Waals surface area contributed by atoms with Crippen molar-refractivity contribution < 1.29 is 0 Å². The third-order valence-electron chi connectivity index (χ3n) is 2.70. The van der Waals surface area contributed by atoms with Crippen LogP contribution in [-0.2, 0) is 3.55 Å². The third-order valence-corrected chi connectivity index (χ3v) is 3.55. The lowest BCUT2D eigenvalue weighted by atomic mass is 9.99. The van der Waals surface area contributed by atoms with Gasteiger partial charge in [0.1, 0.15) is 3.55 Å². The Kier molecular flexibility index (Phi) is 2.14. The molecule has 0 spiro atoms. The second kappa shape index (κ2) is 3.08. The van der Waals surface area contributed by atoms with E-state index in [2.05, 4.69) is 0 Å². The van der Waals surface area contributed by atoms with E-state index >= 15 is 0 Å². The summed E-state index contributed by atoms with van der Waals surface area (Å²) in [6, 6.07) is 0. The molecule has 0 amide bonds. The van der Waals surface area contributed by atoms with Gasteiger partial charge in [-0.25, -0.2) is 0 Å². The molecule has 6 nitrogen and oxygen atoms in total. The fraction of sp³-hybridized carbons (Fsp3) is 0.111. The van der Waals surface area contributed by atoms with Gasteiger partial charge in [0.05, 0.1) is 22.7 Å². The first-order valence-electron chi connectivity index (χ1n) is 4.50. The van der Waals surface area contributed by atoms with Crippen LogP contribution in [0.15, 0.2) is 6.08 Å². The van der Waals surface area contributed by atoms with Crippen LogP contribution in [0.3, 0.4) is 0 Å². The van der Waals surface area contributed by atoms with Crippen LogP contribution in [0.2, 0.25) is 0 Å². The highest BCUT2D eigenvalue weighted by molar-refractivity contribution is 14.1. The van der Waals surface area contributed by atoms with Gasteiger partial charge in [0.25, 0.3) is 0 Å². The molecule has 0 fully saturated rings. The Morgan fingerprint density at radius 3 is 1.94 bits per heavy atom. The predicted molar refractivity (Wildman–Crippen MR) is 76.1 cm³/mol. The Morgan fingerprint density at radius 1 is 0.875 bits per heavy atom. The van der Waals surface area contributed by atoms with Gasteiger partial charge in [0.2, 0.25) is 0 Å². The number of benzene rings is 1. The van der Waals surface area contributed by atoms with Gasteiger partial charge in [0.15, 0.2) is 0 Å². The quantitative estimate of drug-likeness (QED) is 0.168. The topological polar surface area (TPSA) is 156 Å². The minimum Gasteiger partial charge on any atom is -0.398 e. The number of hydrogen-bond acceptors (Lipinski definition) is 6. The Hall–Kier alpha value is -1.35. The lowest BCUT2D eigenvalue weighted by Crippen LogP contribution is -2.27. The summed E-state index contributed by atoms with van der Waals surface area (Å²) in [7, 11) is 0. The van der Waals surface area contributed by atoms with Crippen molar-refractivity contribution in [3.63, 3.8) is 0 Å². The van der Waals surface area contributed by atoms with Gasteiger partial charge in [-0.2, -0.15) is 0 Å². The van der Waals surface area contributed by atoms with Crippen molar-refractivity contribution in [1.82, 2.24) is 0 Å². The van der Waals surface area contributed by atoms with Crippen molar-refractivity contribution >= 4 is 51.0 Å². The molecular formula is C9H13IN6. The van der Waals surface area contributed by atoms with Gasteiger partial charge in [-0.15, -0.1) is 0 Å². The summed E-state index contributed by atoms with van der Waals surface area (Å²) in [6.07, 6.45) is 1.68. The minimum atomic E-state index is -0.794. The van der Waals surface area contributed by atoms with E-state index in [-0.39, 0.29) is 11.4 Å². The van der Waals surface area contributed by atoms with E-state index in [4.69, 9.17) is 34.4 Å². The molecule has 1 atom stereocenters. The number of halogens is 1. The smallest absolute Gasteiger partial charge is 0.117 e. The maximum absolute atomic E-state index is 6.07. The highest BCUT2D eigenvalue weighted by atomic mass is 127. The molecule has 1 aromatic rings. The van der Waals surface area contributed by atoms with E-state index in [1.165, 1.54) is 0 Å². The number of rotatable bonds is 0. The normalized spacial score (nSPS) is 23.0. The van der Waals surface area contributed by atoms with Crippen LogP contribution in [0.4, 0.5) is 22.7 Å². The van der Waals surface area contributed by atoms with E-state index in [1.807, 2.05) is 22.6 Å². The lowest BCUT2D eigenvalue weighted by molar-refractivity contribution is 0.894. The van der Waals surface area contributed by atoms with Crippen LogP contribution in [0.5, 0.6) is 0 Å². The third kappa shape index (κ3) is 1.21. The Bertz CT molecular complexity index is 519. The van der Waals surface area contributed by atoms with E-state index in [0.29, 0.717) is 28.2 Å². The first-order chi connectivity index (χ1) is 7.27. The van der Waals surface area contributed by atoms with Crippen molar-refractivity contribution in [1.29, 1.82) is 0 Å². The number of fused-ring (bicyclic) bond motifs is 1. The zero-order valence-electron chi connectivity index (χ0n) is 8.42. The molecule has 0 aromatic heterocycles. The highest BCUT2D eigenvalue weighted by Crippen LogP contribution is 2.50. The zero-order chi connectivity index (χ0) is 12.2. The molecule has 0 radical (unpaired) electrons. The number of anilines is 4. The minimum absolute atomic E-state index is 0.252. The van der Waals surface area contributed by atoms with E-state index < -0.39 is 3.55 Å². The molecule has 0 aliphatic heterocycles. The second-order valence-corrected chi connectivity index (χ2v) is 5.56. The molecule has 0 bridgehead atoms. The molecule has 86 valence electrons. The van der Waals surface area contributed by atoms with Gasteiger partial charge < -0.3 is 34.4 Å². The Morgan fingerprint density at radius 2 is 1.38 bits per heavy atom. The van der Waals surface area contributed by atoms with Gasteiger partial charge in [-0.3, -0.25) is 0 Å². The summed E-state index contributed by atoms with van der Waals surface area (Å²) < 4.78 is -0.794. The molecule has 1 aromatic carbocycles.